The van der Waals surface area contributed by atoms with Crippen molar-refractivity contribution in [2.24, 2.45) is 0 Å². The standard InChI is InChI=1S/C13H17ClO3/c1-4-9(2)17-11-6-5-10(8-13(14)15)7-12(11)16-3/h5-7,9H,4,8H2,1-3H3. The summed E-state index contributed by atoms with van der Waals surface area (Å²) in [4.78, 5) is 10.8. The van der Waals surface area contributed by atoms with E-state index in [0.29, 0.717) is 11.5 Å². The molecule has 0 heterocycles. The van der Waals surface area contributed by atoms with Gasteiger partial charge in [-0.05, 0) is 42.6 Å². The van der Waals surface area contributed by atoms with E-state index in [1.54, 1.807) is 19.2 Å². The fraction of sp³-hybridized carbons (Fsp3) is 0.462. The number of hydrogen-bond donors (Lipinski definition) is 0. The maximum absolute atomic E-state index is 10.8. The Balaban J connectivity index is 2.88. The Morgan fingerprint density at radius 2 is 2.12 bits per heavy atom. The lowest BCUT2D eigenvalue weighted by Gasteiger charge is -2.16. The normalized spacial score (nSPS) is 12.0. The number of halogens is 1. The van der Waals surface area contributed by atoms with Crippen LogP contribution in [0.5, 0.6) is 11.5 Å². The van der Waals surface area contributed by atoms with Crippen LogP contribution in [-0.4, -0.2) is 18.5 Å². The van der Waals surface area contributed by atoms with Crippen LogP contribution in [0.3, 0.4) is 0 Å². The molecule has 0 fully saturated rings. The van der Waals surface area contributed by atoms with Gasteiger partial charge in [-0.15, -0.1) is 0 Å². The Morgan fingerprint density at radius 1 is 1.41 bits per heavy atom. The minimum absolute atomic E-state index is 0.129. The Kier molecular flexibility index (Phi) is 5.29. The van der Waals surface area contributed by atoms with Crippen LogP contribution >= 0.6 is 11.6 Å². The van der Waals surface area contributed by atoms with Gasteiger partial charge in [-0.25, -0.2) is 0 Å². The third-order valence-corrected chi connectivity index (χ3v) is 2.61. The first-order chi connectivity index (χ1) is 8.06. The molecule has 94 valence electrons. The Bertz CT molecular complexity index is 390. The molecule has 1 aromatic carbocycles. The molecule has 1 atom stereocenters. The van der Waals surface area contributed by atoms with Crippen molar-refractivity contribution < 1.29 is 14.3 Å². The summed E-state index contributed by atoms with van der Waals surface area (Å²) in [5.41, 5.74) is 0.818. The predicted octanol–water partition coefficient (Wildman–Crippen LogP) is 3.18. The van der Waals surface area contributed by atoms with E-state index in [0.717, 1.165) is 12.0 Å². The molecule has 0 radical (unpaired) electrons. The number of carbonyl (C=O) groups is 1. The maximum Gasteiger partial charge on any atom is 0.226 e. The third-order valence-electron chi connectivity index (χ3n) is 2.47. The summed E-state index contributed by atoms with van der Waals surface area (Å²) in [6.45, 7) is 4.05. The van der Waals surface area contributed by atoms with E-state index in [1.165, 1.54) is 0 Å². The van der Waals surface area contributed by atoms with Crippen molar-refractivity contribution in [1.29, 1.82) is 0 Å². The summed E-state index contributed by atoms with van der Waals surface area (Å²) in [5, 5.41) is -0.386. The van der Waals surface area contributed by atoms with E-state index in [2.05, 4.69) is 6.92 Å². The molecule has 0 bridgehead atoms. The van der Waals surface area contributed by atoms with Crippen LogP contribution < -0.4 is 9.47 Å². The fourth-order valence-corrected chi connectivity index (χ4v) is 1.53. The molecule has 0 saturated carbocycles. The minimum atomic E-state index is -0.386. The van der Waals surface area contributed by atoms with Crippen LogP contribution in [0, 0.1) is 0 Å². The van der Waals surface area contributed by atoms with Gasteiger partial charge >= 0.3 is 0 Å². The van der Waals surface area contributed by atoms with Crippen molar-refractivity contribution in [2.75, 3.05) is 7.11 Å². The van der Waals surface area contributed by atoms with Crippen LogP contribution in [0.2, 0.25) is 0 Å². The van der Waals surface area contributed by atoms with Crippen LogP contribution in [0.15, 0.2) is 18.2 Å². The van der Waals surface area contributed by atoms with Gasteiger partial charge in [0.2, 0.25) is 5.24 Å². The quantitative estimate of drug-likeness (QED) is 0.734. The second-order valence-corrected chi connectivity index (χ2v) is 4.28. The summed E-state index contributed by atoms with van der Waals surface area (Å²) < 4.78 is 10.9. The largest absolute Gasteiger partial charge is 0.493 e. The smallest absolute Gasteiger partial charge is 0.226 e. The zero-order valence-electron chi connectivity index (χ0n) is 10.3. The summed E-state index contributed by atoms with van der Waals surface area (Å²) in [7, 11) is 1.57. The lowest BCUT2D eigenvalue weighted by atomic mass is 10.1. The van der Waals surface area contributed by atoms with Gasteiger partial charge in [0, 0.05) is 6.42 Å². The molecular weight excluding hydrogens is 240 g/mol. The van der Waals surface area contributed by atoms with Gasteiger partial charge in [-0.1, -0.05) is 13.0 Å². The van der Waals surface area contributed by atoms with E-state index < -0.39 is 0 Å². The topological polar surface area (TPSA) is 35.5 Å². The van der Waals surface area contributed by atoms with Crippen molar-refractivity contribution in [2.45, 2.75) is 32.8 Å². The highest BCUT2D eigenvalue weighted by Crippen LogP contribution is 2.29. The lowest BCUT2D eigenvalue weighted by Crippen LogP contribution is -2.10. The second kappa shape index (κ2) is 6.50. The van der Waals surface area contributed by atoms with Gasteiger partial charge in [-0.2, -0.15) is 0 Å². The minimum Gasteiger partial charge on any atom is -0.493 e. The first-order valence-corrected chi connectivity index (χ1v) is 5.96. The SMILES string of the molecule is CCC(C)Oc1ccc(CC(=O)Cl)cc1OC. The van der Waals surface area contributed by atoms with E-state index in [4.69, 9.17) is 21.1 Å². The van der Waals surface area contributed by atoms with Gasteiger partial charge in [-0.3, -0.25) is 4.79 Å². The molecule has 1 rings (SSSR count). The third kappa shape index (κ3) is 4.27. The predicted molar refractivity (Wildman–Crippen MR) is 67.9 cm³/mol. The molecule has 0 aliphatic rings. The second-order valence-electron chi connectivity index (χ2n) is 3.85. The number of ether oxygens (including phenoxy) is 2. The molecule has 0 amide bonds. The van der Waals surface area contributed by atoms with Gasteiger partial charge in [0.25, 0.3) is 0 Å². The van der Waals surface area contributed by atoms with E-state index >= 15 is 0 Å². The van der Waals surface area contributed by atoms with Gasteiger partial charge in [0.1, 0.15) is 0 Å². The van der Waals surface area contributed by atoms with Crippen LogP contribution in [0.4, 0.5) is 0 Å². The molecule has 3 nitrogen and oxygen atoms in total. The van der Waals surface area contributed by atoms with Crippen molar-refractivity contribution in [3.05, 3.63) is 23.8 Å². The van der Waals surface area contributed by atoms with Crippen molar-refractivity contribution in [3.8, 4) is 11.5 Å². The molecule has 0 saturated heterocycles. The van der Waals surface area contributed by atoms with E-state index in [1.807, 2.05) is 13.0 Å². The first-order valence-electron chi connectivity index (χ1n) is 5.58. The number of methoxy groups -OCH3 is 1. The lowest BCUT2D eigenvalue weighted by molar-refractivity contribution is -0.111. The van der Waals surface area contributed by atoms with Gasteiger partial charge in [0.05, 0.1) is 13.2 Å². The van der Waals surface area contributed by atoms with Crippen LogP contribution in [0.1, 0.15) is 25.8 Å². The highest BCUT2D eigenvalue weighted by Gasteiger charge is 2.10. The van der Waals surface area contributed by atoms with Crippen LogP contribution in [0.25, 0.3) is 0 Å². The highest BCUT2D eigenvalue weighted by molar-refractivity contribution is 6.63. The van der Waals surface area contributed by atoms with Crippen LogP contribution in [-0.2, 0) is 11.2 Å². The molecule has 0 N–H and O–H groups in total. The average molecular weight is 257 g/mol. The highest BCUT2D eigenvalue weighted by atomic mass is 35.5. The molecule has 17 heavy (non-hydrogen) atoms. The van der Waals surface area contributed by atoms with E-state index in [-0.39, 0.29) is 17.8 Å². The number of carbonyl (C=O) groups excluding carboxylic acids is 1. The first kappa shape index (κ1) is 13.8. The summed E-state index contributed by atoms with van der Waals surface area (Å²) in [5.74, 6) is 1.31. The molecule has 0 aliphatic heterocycles. The molecule has 1 aromatic rings. The Hall–Kier alpha value is -1.22. The molecule has 0 aromatic heterocycles. The zero-order valence-corrected chi connectivity index (χ0v) is 11.1. The molecule has 4 heteroatoms. The number of benzene rings is 1. The number of rotatable bonds is 6. The molecular formula is C13H17ClO3. The Morgan fingerprint density at radius 3 is 2.65 bits per heavy atom. The Labute approximate surface area is 107 Å². The van der Waals surface area contributed by atoms with Crippen molar-refractivity contribution in [1.82, 2.24) is 0 Å². The number of hydrogen-bond acceptors (Lipinski definition) is 3. The maximum atomic E-state index is 10.8. The average Bonchev–Trinajstić information content (AvgIpc) is 2.30. The summed E-state index contributed by atoms with van der Waals surface area (Å²) in [6.07, 6.45) is 1.25. The molecule has 0 aliphatic carbocycles. The monoisotopic (exact) mass is 256 g/mol. The van der Waals surface area contributed by atoms with Crippen molar-refractivity contribution in [3.63, 3.8) is 0 Å². The summed E-state index contributed by atoms with van der Waals surface area (Å²) in [6, 6.07) is 5.40. The molecule has 0 spiro atoms. The van der Waals surface area contributed by atoms with E-state index in [9.17, 15) is 4.79 Å². The van der Waals surface area contributed by atoms with Crippen molar-refractivity contribution >= 4 is 16.8 Å². The fourth-order valence-electron chi connectivity index (χ4n) is 1.38. The zero-order chi connectivity index (χ0) is 12.8. The van der Waals surface area contributed by atoms with Gasteiger partial charge in [0.15, 0.2) is 11.5 Å². The molecule has 1 unspecified atom stereocenters. The van der Waals surface area contributed by atoms with Gasteiger partial charge < -0.3 is 9.47 Å². The summed E-state index contributed by atoms with van der Waals surface area (Å²) >= 11 is 5.34.